The summed E-state index contributed by atoms with van der Waals surface area (Å²) >= 11 is 5.70. The monoisotopic (exact) mass is 418 g/mol. The van der Waals surface area contributed by atoms with Gasteiger partial charge >= 0.3 is 5.97 Å². The molecule has 1 heterocycles. The number of esters is 1. The van der Waals surface area contributed by atoms with E-state index in [0.29, 0.717) is 0 Å². The normalized spacial score (nSPS) is 26.7. The Morgan fingerprint density at radius 3 is 2.38 bits per heavy atom. The number of halogens is 1. The van der Waals surface area contributed by atoms with E-state index in [9.17, 15) is 29.3 Å². The lowest BCUT2D eigenvalue weighted by molar-refractivity contribution is -0.384. The molecule has 2 aliphatic carbocycles. The molecular weight excluding hydrogens is 404 g/mol. The molecule has 0 aromatic heterocycles. The van der Waals surface area contributed by atoms with Gasteiger partial charge < -0.3 is 4.74 Å². The SMILES string of the molecule is O=C(CN1C(=O)[C@@H]2[C@H](C1=O)[C@@H]1C=C[C@H]2C1)OCC(=O)c1ccc(Cl)c([N+](=O)[O-])c1. The van der Waals surface area contributed by atoms with Crippen LogP contribution in [0, 0.1) is 33.8 Å². The van der Waals surface area contributed by atoms with Gasteiger partial charge in [0.1, 0.15) is 11.6 Å². The molecule has 1 saturated carbocycles. The third kappa shape index (κ3) is 3.21. The van der Waals surface area contributed by atoms with E-state index in [1.54, 1.807) is 0 Å². The molecule has 10 heteroatoms. The third-order valence-corrected chi connectivity index (χ3v) is 6.00. The number of carbonyl (C=O) groups is 4. The second kappa shape index (κ2) is 7.07. The molecule has 4 rings (SSSR count). The van der Waals surface area contributed by atoms with Crippen LogP contribution in [-0.4, -0.2) is 46.5 Å². The lowest BCUT2D eigenvalue weighted by atomic mass is 9.85. The zero-order chi connectivity index (χ0) is 20.9. The van der Waals surface area contributed by atoms with Crippen LogP contribution in [0.5, 0.6) is 0 Å². The minimum absolute atomic E-state index is 0.0322. The Morgan fingerprint density at radius 2 is 1.79 bits per heavy atom. The maximum atomic E-state index is 12.5. The zero-order valence-corrected chi connectivity index (χ0v) is 15.7. The van der Waals surface area contributed by atoms with Crippen molar-refractivity contribution in [1.82, 2.24) is 4.90 Å². The van der Waals surface area contributed by atoms with Gasteiger partial charge in [0.15, 0.2) is 6.61 Å². The fourth-order valence-electron chi connectivity index (χ4n) is 4.35. The summed E-state index contributed by atoms with van der Waals surface area (Å²) in [5.74, 6) is -3.10. The molecule has 1 aromatic carbocycles. The number of Topliss-reactive ketones (excluding diaryl/α,β-unsaturated/α-hetero) is 1. The van der Waals surface area contributed by atoms with Gasteiger partial charge in [0.2, 0.25) is 17.6 Å². The number of ketones is 1. The topological polar surface area (TPSA) is 124 Å². The van der Waals surface area contributed by atoms with Crippen molar-refractivity contribution in [2.45, 2.75) is 6.42 Å². The highest BCUT2D eigenvalue weighted by Crippen LogP contribution is 2.52. The Kier molecular flexibility index (Phi) is 4.70. The maximum Gasteiger partial charge on any atom is 0.326 e. The predicted molar refractivity (Wildman–Crippen MR) is 97.8 cm³/mol. The van der Waals surface area contributed by atoms with Crippen LogP contribution in [-0.2, 0) is 19.1 Å². The first-order chi connectivity index (χ1) is 13.8. The molecular formula is C19H15ClN2O7. The van der Waals surface area contributed by atoms with E-state index in [-0.39, 0.29) is 34.2 Å². The van der Waals surface area contributed by atoms with Crippen LogP contribution >= 0.6 is 11.6 Å². The number of benzene rings is 1. The lowest BCUT2D eigenvalue weighted by Crippen LogP contribution is -2.38. The number of rotatable bonds is 6. The van der Waals surface area contributed by atoms with Crippen molar-refractivity contribution in [2.75, 3.05) is 13.2 Å². The number of ether oxygens (including phenoxy) is 1. The van der Waals surface area contributed by atoms with Gasteiger partial charge in [0.05, 0.1) is 16.8 Å². The van der Waals surface area contributed by atoms with Crippen molar-refractivity contribution in [3.05, 3.63) is 51.1 Å². The molecule has 1 saturated heterocycles. The highest BCUT2D eigenvalue weighted by molar-refractivity contribution is 6.32. The molecule has 150 valence electrons. The number of amides is 2. The molecule has 2 fully saturated rings. The van der Waals surface area contributed by atoms with Gasteiger partial charge in [0, 0.05) is 11.6 Å². The van der Waals surface area contributed by atoms with Crippen LogP contribution in [0.1, 0.15) is 16.8 Å². The largest absolute Gasteiger partial charge is 0.456 e. The van der Waals surface area contributed by atoms with Crippen LogP contribution in [0.3, 0.4) is 0 Å². The second-order valence-electron chi connectivity index (χ2n) is 7.27. The Morgan fingerprint density at radius 1 is 1.17 bits per heavy atom. The Labute approximate surface area is 169 Å². The number of fused-ring (bicyclic) bond motifs is 5. The fourth-order valence-corrected chi connectivity index (χ4v) is 4.54. The van der Waals surface area contributed by atoms with Crippen LogP contribution in [0.15, 0.2) is 30.4 Å². The van der Waals surface area contributed by atoms with E-state index in [2.05, 4.69) is 0 Å². The van der Waals surface area contributed by atoms with Crippen LogP contribution in [0.25, 0.3) is 0 Å². The number of hydrogen-bond acceptors (Lipinski definition) is 7. The van der Waals surface area contributed by atoms with Gasteiger partial charge in [-0.25, -0.2) is 0 Å². The van der Waals surface area contributed by atoms with Crippen molar-refractivity contribution < 1.29 is 28.8 Å². The minimum Gasteiger partial charge on any atom is -0.456 e. The lowest BCUT2D eigenvalue weighted by Gasteiger charge is -2.16. The summed E-state index contributed by atoms with van der Waals surface area (Å²) in [5.41, 5.74) is -0.480. The summed E-state index contributed by atoms with van der Waals surface area (Å²) in [6, 6.07) is 3.48. The molecule has 0 radical (unpaired) electrons. The highest BCUT2D eigenvalue weighted by atomic mass is 35.5. The van der Waals surface area contributed by atoms with Crippen LogP contribution < -0.4 is 0 Å². The molecule has 0 unspecified atom stereocenters. The van der Waals surface area contributed by atoms with E-state index < -0.39 is 47.4 Å². The van der Waals surface area contributed by atoms with Gasteiger partial charge in [-0.15, -0.1) is 0 Å². The predicted octanol–water partition coefficient (Wildman–Crippen LogP) is 1.78. The summed E-state index contributed by atoms with van der Waals surface area (Å²) in [4.78, 5) is 60.4. The van der Waals surface area contributed by atoms with E-state index in [4.69, 9.17) is 16.3 Å². The Bertz CT molecular complexity index is 959. The maximum absolute atomic E-state index is 12.5. The van der Waals surface area contributed by atoms with Gasteiger partial charge in [0.25, 0.3) is 5.69 Å². The number of nitrogens with zero attached hydrogens (tertiary/aromatic N) is 2. The summed E-state index contributed by atoms with van der Waals surface area (Å²) in [6.45, 7) is -1.23. The first kappa shape index (κ1) is 19.3. The highest BCUT2D eigenvalue weighted by Gasteiger charge is 2.59. The number of imide groups is 1. The molecule has 3 aliphatic rings. The number of allylic oxidation sites excluding steroid dienone is 2. The summed E-state index contributed by atoms with van der Waals surface area (Å²) in [7, 11) is 0. The second-order valence-corrected chi connectivity index (χ2v) is 7.68. The molecule has 9 nitrogen and oxygen atoms in total. The van der Waals surface area contributed by atoms with Crippen LogP contribution in [0.4, 0.5) is 5.69 Å². The van der Waals surface area contributed by atoms with E-state index in [0.717, 1.165) is 17.4 Å². The molecule has 2 amide bonds. The third-order valence-electron chi connectivity index (χ3n) is 5.68. The van der Waals surface area contributed by atoms with Gasteiger partial charge in [-0.1, -0.05) is 23.8 Å². The van der Waals surface area contributed by atoms with Crippen molar-refractivity contribution in [2.24, 2.45) is 23.7 Å². The molecule has 29 heavy (non-hydrogen) atoms. The van der Waals surface area contributed by atoms with Crippen LogP contribution in [0.2, 0.25) is 5.02 Å². The number of carbonyl (C=O) groups excluding carboxylic acids is 4. The Hall–Kier alpha value is -3.07. The fraction of sp³-hybridized carbons (Fsp3) is 0.368. The summed E-state index contributed by atoms with van der Waals surface area (Å²) in [5, 5.41) is 10.8. The summed E-state index contributed by atoms with van der Waals surface area (Å²) < 4.78 is 4.89. The number of likely N-dealkylation sites (tertiary alicyclic amines) is 1. The van der Waals surface area contributed by atoms with Gasteiger partial charge in [-0.2, -0.15) is 0 Å². The zero-order valence-electron chi connectivity index (χ0n) is 14.9. The van der Waals surface area contributed by atoms with E-state index in [1.807, 2.05) is 12.2 Å². The van der Waals surface area contributed by atoms with Crippen molar-refractivity contribution >= 4 is 40.9 Å². The number of nitro benzene ring substituents is 1. The van der Waals surface area contributed by atoms with Gasteiger partial charge in [-0.3, -0.25) is 34.2 Å². The van der Waals surface area contributed by atoms with E-state index in [1.165, 1.54) is 12.1 Å². The average Bonchev–Trinajstić information content (AvgIpc) is 3.36. The van der Waals surface area contributed by atoms with Crippen molar-refractivity contribution in [1.29, 1.82) is 0 Å². The molecule has 4 atom stereocenters. The Balaban J connectivity index is 1.36. The summed E-state index contributed by atoms with van der Waals surface area (Å²) in [6.07, 6.45) is 4.68. The molecule has 0 spiro atoms. The first-order valence-corrected chi connectivity index (χ1v) is 9.32. The number of nitro groups is 1. The first-order valence-electron chi connectivity index (χ1n) is 8.94. The number of hydrogen-bond donors (Lipinski definition) is 0. The smallest absolute Gasteiger partial charge is 0.326 e. The molecule has 1 aromatic rings. The van der Waals surface area contributed by atoms with Crippen molar-refractivity contribution in [3.8, 4) is 0 Å². The molecule has 0 N–H and O–H groups in total. The van der Waals surface area contributed by atoms with Gasteiger partial charge in [-0.05, 0) is 30.4 Å². The standard InChI is InChI=1S/C19H15ClN2O7/c20-12-4-3-9(6-13(12)22(27)28)14(23)8-29-15(24)7-21-18(25)16-10-1-2-11(5-10)17(16)19(21)26/h1-4,6,10-11,16-17H,5,7-8H2/t10-,11+,16-,17+. The molecule has 2 bridgehead atoms. The molecule has 1 aliphatic heterocycles. The average molecular weight is 419 g/mol. The van der Waals surface area contributed by atoms with Crippen molar-refractivity contribution in [3.63, 3.8) is 0 Å². The van der Waals surface area contributed by atoms with E-state index >= 15 is 0 Å². The minimum atomic E-state index is -0.899. The quantitative estimate of drug-likeness (QED) is 0.172.